The second kappa shape index (κ2) is 7.74. The highest BCUT2D eigenvalue weighted by molar-refractivity contribution is 5.02. The summed E-state index contributed by atoms with van der Waals surface area (Å²) < 4.78 is 11.4. The zero-order valence-electron chi connectivity index (χ0n) is 12.8. The van der Waals surface area contributed by atoms with E-state index in [2.05, 4.69) is 22.4 Å². The molecule has 114 valence electrons. The molecule has 1 aliphatic rings. The van der Waals surface area contributed by atoms with Gasteiger partial charge in [-0.1, -0.05) is 37.8 Å². The van der Waals surface area contributed by atoms with Crippen LogP contribution < -0.4 is 5.32 Å². The Balaban J connectivity index is 2.08. The molecule has 0 aromatic carbocycles. The van der Waals surface area contributed by atoms with Crippen LogP contribution in [0.5, 0.6) is 0 Å². The lowest BCUT2D eigenvalue weighted by Crippen LogP contribution is -2.31. The maximum absolute atomic E-state index is 6.07. The number of hydrogen-bond acceptors (Lipinski definition) is 5. The summed E-state index contributed by atoms with van der Waals surface area (Å²) in [4.78, 5) is 4.57. The molecule has 2 rings (SSSR count). The van der Waals surface area contributed by atoms with Gasteiger partial charge in [0.1, 0.15) is 5.60 Å². The second-order valence-corrected chi connectivity index (χ2v) is 5.53. The van der Waals surface area contributed by atoms with Crippen molar-refractivity contribution in [3.63, 3.8) is 0 Å². The summed E-state index contributed by atoms with van der Waals surface area (Å²) in [6, 6.07) is 0. The summed E-state index contributed by atoms with van der Waals surface area (Å²) in [5.74, 6) is 1.41. The summed E-state index contributed by atoms with van der Waals surface area (Å²) in [6.07, 6.45) is 8.01. The maximum atomic E-state index is 6.07. The molecule has 5 nitrogen and oxygen atoms in total. The van der Waals surface area contributed by atoms with Crippen LogP contribution in [-0.4, -0.2) is 23.3 Å². The van der Waals surface area contributed by atoms with E-state index in [0.29, 0.717) is 19.0 Å². The van der Waals surface area contributed by atoms with E-state index in [-0.39, 0.29) is 5.60 Å². The first-order valence-electron chi connectivity index (χ1n) is 7.98. The molecule has 20 heavy (non-hydrogen) atoms. The first-order valence-corrected chi connectivity index (χ1v) is 7.98. The van der Waals surface area contributed by atoms with Crippen molar-refractivity contribution < 1.29 is 9.26 Å². The largest absolute Gasteiger partial charge is 0.367 e. The molecular formula is C15H27N3O2. The topological polar surface area (TPSA) is 60.2 Å². The van der Waals surface area contributed by atoms with Crippen molar-refractivity contribution >= 4 is 0 Å². The molecule has 5 heteroatoms. The molecule has 1 aliphatic carbocycles. The number of nitrogens with zero attached hydrogens (tertiary/aromatic N) is 2. The Kier molecular flexibility index (Phi) is 5.98. The van der Waals surface area contributed by atoms with E-state index in [1.165, 1.54) is 25.7 Å². The van der Waals surface area contributed by atoms with Gasteiger partial charge in [-0.25, -0.2) is 0 Å². The molecule has 0 spiro atoms. The summed E-state index contributed by atoms with van der Waals surface area (Å²) in [6.45, 7) is 6.48. The zero-order chi connectivity index (χ0) is 14.3. The predicted octanol–water partition coefficient (Wildman–Crippen LogP) is 3.16. The Morgan fingerprint density at radius 3 is 2.60 bits per heavy atom. The lowest BCUT2D eigenvalue weighted by atomic mass is 9.93. The fraction of sp³-hybridized carbons (Fsp3) is 0.867. The molecule has 0 aliphatic heterocycles. The monoisotopic (exact) mass is 281 g/mol. The molecule has 0 bridgehead atoms. The standard InChI is InChI=1S/C15H27N3O2/c1-3-11-16-12-13-17-14(18-20-13)15(19-4-2)9-7-5-6-8-10-15/h16H,3-12H2,1-2H3. The van der Waals surface area contributed by atoms with Crippen LogP contribution in [0.25, 0.3) is 0 Å². The van der Waals surface area contributed by atoms with Gasteiger partial charge in [-0.2, -0.15) is 4.98 Å². The molecule has 1 N–H and O–H groups in total. The highest BCUT2D eigenvalue weighted by Gasteiger charge is 2.38. The van der Waals surface area contributed by atoms with E-state index < -0.39 is 0 Å². The van der Waals surface area contributed by atoms with Crippen LogP contribution in [0.3, 0.4) is 0 Å². The Hall–Kier alpha value is -0.940. The molecule has 0 unspecified atom stereocenters. The summed E-state index contributed by atoms with van der Waals surface area (Å²) in [7, 11) is 0. The Bertz CT molecular complexity index is 384. The fourth-order valence-electron chi connectivity index (χ4n) is 2.89. The van der Waals surface area contributed by atoms with Crippen LogP contribution in [0.1, 0.15) is 70.5 Å². The van der Waals surface area contributed by atoms with Crippen LogP contribution in [-0.2, 0) is 16.9 Å². The molecule has 1 aromatic heterocycles. The Morgan fingerprint density at radius 1 is 1.20 bits per heavy atom. The fourth-order valence-corrected chi connectivity index (χ4v) is 2.89. The van der Waals surface area contributed by atoms with Crippen molar-refractivity contribution in [1.82, 2.24) is 15.5 Å². The van der Waals surface area contributed by atoms with Crippen LogP contribution >= 0.6 is 0 Å². The number of ether oxygens (including phenoxy) is 1. The first-order chi connectivity index (χ1) is 9.80. The van der Waals surface area contributed by atoms with E-state index >= 15 is 0 Å². The first kappa shape index (κ1) is 15.4. The normalized spacial score (nSPS) is 18.9. The van der Waals surface area contributed by atoms with Gasteiger partial charge in [0.2, 0.25) is 11.7 Å². The van der Waals surface area contributed by atoms with Gasteiger partial charge in [0.05, 0.1) is 6.54 Å². The molecular weight excluding hydrogens is 254 g/mol. The predicted molar refractivity (Wildman–Crippen MR) is 77.3 cm³/mol. The SMILES string of the molecule is CCCNCc1nc(C2(OCC)CCCCCC2)no1. The number of hydrogen-bond donors (Lipinski definition) is 1. The van der Waals surface area contributed by atoms with Crippen molar-refractivity contribution in [1.29, 1.82) is 0 Å². The number of aromatic nitrogens is 2. The molecule has 0 radical (unpaired) electrons. The summed E-state index contributed by atoms with van der Waals surface area (Å²) in [5, 5.41) is 7.49. The molecule has 0 saturated heterocycles. The van der Waals surface area contributed by atoms with Gasteiger partial charge >= 0.3 is 0 Å². The molecule has 1 fully saturated rings. The minimum absolute atomic E-state index is 0.322. The van der Waals surface area contributed by atoms with Gasteiger partial charge in [-0.05, 0) is 32.7 Å². The van der Waals surface area contributed by atoms with E-state index in [4.69, 9.17) is 9.26 Å². The van der Waals surface area contributed by atoms with E-state index in [1.54, 1.807) is 0 Å². The molecule has 0 amide bonds. The van der Waals surface area contributed by atoms with E-state index in [0.717, 1.165) is 31.6 Å². The minimum atomic E-state index is -0.322. The van der Waals surface area contributed by atoms with Crippen LogP contribution in [0.15, 0.2) is 4.52 Å². The third-order valence-electron chi connectivity index (χ3n) is 3.91. The van der Waals surface area contributed by atoms with Gasteiger partial charge in [0, 0.05) is 6.61 Å². The average Bonchev–Trinajstić information content (AvgIpc) is 2.80. The smallest absolute Gasteiger partial charge is 0.240 e. The molecule has 1 heterocycles. The molecule has 1 saturated carbocycles. The second-order valence-electron chi connectivity index (χ2n) is 5.53. The molecule has 0 atom stereocenters. The van der Waals surface area contributed by atoms with Crippen LogP contribution in [0, 0.1) is 0 Å². The third kappa shape index (κ3) is 3.79. The summed E-state index contributed by atoms with van der Waals surface area (Å²) in [5.41, 5.74) is -0.322. The highest BCUT2D eigenvalue weighted by Crippen LogP contribution is 2.37. The number of rotatable bonds is 7. The maximum Gasteiger partial charge on any atom is 0.240 e. The zero-order valence-corrected chi connectivity index (χ0v) is 12.8. The van der Waals surface area contributed by atoms with Crippen molar-refractivity contribution in [3.05, 3.63) is 11.7 Å². The van der Waals surface area contributed by atoms with Gasteiger partial charge in [-0.3, -0.25) is 0 Å². The van der Waals surface area contributed by atoms with Crippen molar-refractivity contribution in [2.75, 3.05) is 13.2 Å². The van der Waals surface area contributed by atoms with Crippen LogP contribution in [0.4, 0.5) is 0 Å². The Labute approximate surface area is 121 Å². The highest BCUT2D eigenvalue weighted by atomic mass is 16.5. The minimum Gasteiger partial charge on any atom is -0.367 e. The van der Waals surface area contributed by atoms with Crippen molar-refractivity contribution in [2.24, 2.45) is 0 Å². The third-order valence-corrected chi connectivity index (χ3v) is 3.91. The van der Waals surface area contributed by atoms with Crippen molar-refractivity contribution in [3.8, 4) is 0 Å². The van der Waals surface area contributed by atoms with Crippen molar-refractivity contribution in [2.45, 2.75) is 70.9 Å². The lowest BCUT2D eigenvalue weighted by Gasteiger charge is -2.29. The lowest BCUT2D eigenvalue weighted by molar-refractivity contribution is -0.0636. The summed E-state index contributed by atoms with van der Waals surface area (Å²) >= 11 is 0. The number of nitrogens with one attached hydrogen (secondary N) is 1. The Morgan fingerprint density at radius 2 is 1.95 bits per heavy atom. The van der Waals surface area contributed by atoms with Gasteiger partial charge in [0.25, 0.3) is 0 Å². The van der Waals surface area contributed by atoms with Gasteiger partial charge < -0.3 is 14.6 Å². The van der Waals surface area contributed by atoms with Crippen LogP contribution in [0.2, 0.25) is 0 Å². The molecule has 1 aromatic rings. The van der Waals surface area contributed by atoms with E-state index in [1.807, 2.05) is 6.92 Å². The quantitative estimate of drug-likeness (QED) is 0.614. The van der Waals surface area contributed by atoms with E-state index in [9.17, 15) is 0 Å². The van der Waals surface area contributed by atoms with Gasteiger partial charge in [0.15, 0.2) is 0 Å². The average molecular weight is 281 g/mol. The van der Waals surface area contributed by atoms with Gasteiger partial charge in [-0.15, -0.1) is 0 Å².